The third kappa shape index (κ3) is 1.74. The molecule has 4 nitrogen and oxygen atoms in total. The summed E-state index contributed by atoms with van der Waals surface area (Å²) in [6, 6.07) is 5.57. The van der Waals surface area contributed by atoms with Gasteiger partial charge in [-0.2, -0.15) is 0 Å². The number of aromatic nitrogens is 2. The fourth-order valence-electron chi connectivity index (χ4n) is 1.19. The summed E-state index contributed by atoms with van der Waals surface area (Å²) in [5, 5.41) is 3.12. The smallest absolute Gasteiger partial charge is 0.152 e. The summed E-state index contributed by atoms with van der Waals surface area (Å²) in [4.78, 5) is 8.19. The molecular formula is C10H11N3O. The van der Waals surface area contributed by atoms with E-state index in [1.807, 2.05) is 25.1 Å². The summed E-state index contributed by atoms with van der Waals surface area (Å²) in [6.45, 7) is 2.86. The van der Waals surface area contributed by atoms with Crippen LogP contribution in [0.15, 0.2) is 35.2 Å². The highest BCUT2D eigenvalue weighted by Crippen LogP contribution is 2.18. The molecule has 0 spiro atoms. The SMILES string of the molecule is CCNc1cc(-c2ccco2)ncn1. The van der Waals surface area contributed by atoms with Crippen molar-refractivity contribution in [3.05, 3.63) is 30.8 Å². The molecule has 14 heavy (non-hydrogen) atoms. The first kappa shape index (κ1) is 8.74. The van der Waals surface area contributed by atoms with Gasteiger partial charge in [0.05, 0.1) is 6.26 Å². The molecule has 1 N–H and O–H groups in total. The lowest BCUT2D eigenvalue weighted by atomic mass is 10.3. The quantitative estimate of drug-likeness (QED) is 0.803. The van der Waals surface area contributed by atoms with Crippen LogP contribution in [0.1, 0.15) is 6.92 Å². The van der Waals surface area contributed by atoms with Gasteiger partial charge < -0.3 is 9.73 Å². The third-order valence-corrected chi connectivity index (χ3v) is 1.80. The second kappa shape index (κ2) is 3.91. The zero-order valence-electron chi connectivity index (χ0n) is 7.90. The maximum absolute atomic E-state index is 5.23. The summed E-state index contributed by atoms with van der Waals surface area (Å²) >= 11 is 0. The average molecular weight is 189 g/mol. The maximum atomic E-state index is 5.23. The fourth-order valence-corrected chi connectivity index (χ4v) is 1.19. The normalized spacial score (nSPS) is 10.1. The van der Waals surface area contributed by atoms with Crippen LogP contribution in [-0.4, -0.2) is 16.5 Å². The van der Waals surface area contributed by atoms with E-state index in [0.717, 1.165) is 23.8 Å². The fraction of sp³-hybridized carbons (Fsp3) is 0.200. The topological polar surface area (TPSA) is 51.0 Å². The number of anilines is 1. The number of furan rings is 1. The molecule has 2 heterocycles. The van der Waals surface area contributed by atoms with Gasteiger partial charge in [-0.1, -0.05) is 0 Å². The first-order chi connectivity index (χ1) is 6.90. The Hall–Kier alpha value is -1.84. The molecule has 2 rings (SSSR count). The van der Waals surface area contributed by atoms with Gasteiger partial charge in [-0.3, -0.25) is 0 Å². The molecule has 0 aliphatic rings. The first-order valence-electron chi connectivity index (χ1n) is 4.50. The van der Waals surface area contributed by atoms with Crippen LogP contribution in [-0.2, 0) is 0 Å². The van der Waals surface area contributed by atoms with E-state index in [4.69, 9.17) is 4.42 Å². The van der Waals surface area contributed by atoms with Crippen LogP contribution in [0, 0.1) is 0 Å². The molecule has 0 radical (unpaired) electrons. The van der Waals surface area contributed by atoms with Gasteiger partial charge >= 0.3 is 0 Å². The van der Waals surface area contributed by atoms with Crippen molar-refractivity contribution in [1.29, 1.82) is 0 Å². The number of rotatable bonds is 3. The zero-order valence-corrected chi connectivity index (χ0v) is 7.90. The van der Waals surface area contributed by atoms with Gasteiger partial charge in [0, 0.05) is 12.6 Å². The molecule has 0 bridgehead atoms. The molecule has 0 aromatic carbocycles. The molecule has 2 aromatic heterocycles. The number of nitrogens with zero attached hydrogens (tertiary/aromatic N) is 2. The van der Waals surface area contributed by atoms with Crippen LogP contribution in [0.5, 0.6) is 0 Å². The Kier molecular flexibility index (Phi) is 2.44. The monoisotopic (exact) mass is 189 g/mol. The van der Waals surface area contributed by atoms with Crippen LogP contribution in [0.3, 0.4) is 0 Å². The van der Waals surface area contributed by atoms with Crippen molar-refractivity contribution in [3.63, 3.8) is 0 Å². The Morgan fingerprint density at radius 1 is 1.43 bits per heavy atom. The van der Waals surface area contributed by atoms with Crippen molar-refractivity contribution in [1.82, 2.24) is 9.97 Å². The molecule has 0 saturated heterocycles. The second-order valence-corrected chi connectivity index (χ2v) is 2.80. The molecule has 2 aromatic rings. The van der Waals surface area contributed by atoms with Gasteiger partial charge in [0.15, 0.2) is 5.76 Å². The van der Waals surface area contributed by atoms with Crippen LogP contribution in [0.2, 0.25) is 0 Å². The Morgan fingerprint density at radius 3 is 3.07 bits per heavy atom. The summed E-state index contributed by atoms with van der Waals surface area (Å²) in [5.41, 5.74) is 0.793. The average Bonchev–Trinajstić information content (AvgIpc) is 2.71. The summed E-state index contributed by atoms with van der Waals surface area (Å²) < 4.78 is 5.23. The van der Waals surface area contributed by atoms with E-state index in [1.54, 1.807) is 6.26 Å². The predicted molar refractivity (Wildman–Crippen MR) is 53.9 cm³/mol. The van der Waals surface area contributed by atoms with E-state index in [0.29, 0.717) is 0 Å². The zero-order chi connectivity index (χ0) is 9.80. The van der Waals surface area contributed by atoms with Gasteiger partial charge in [-0.25, -0.2) is 9.97 Å². The Morgan fingerprint density at radius 2 is 2.36 bits per heavy atom. The van der Waals surface area contributed by atoms with Crippen molar-refractivity contribution < 1.29 is 4.42 Å². The first-order valence-corrected chi connectivity index (χ1v) is 4.50. The highest BCUT2D eigenvalue weighted by atomic mass is 16.3. The van der Waals surface area contributed by atoms with Crippen molar-refractivity contribution in [2.45, 2.75) is 6.92 Å². The molecule has 0 aliphatic carbocycles. The number of hydrogen-bond acceptors (Lipinski definition) is 4. The van der Waals surface area contributed by atoms with Crippen LogP contribution in [0.25, 0.3) is 11.5 Å². The maximum Gasteiger partial charge on any atom is 0.152 e. The molecule has 0 unspecified atom stereocenters. The molecule has 0 atom stereocenters. The van der Waals surface area contributed by atoms with E-state index < -0.39 is 0 Å². The van der Waals surface area contributed by atoms with Crippen LogP contribution < -0.4 is 5.32 Å². The highest BCUT2D eigenvalue weighted by molar-refractivity contribution is 5.56. The number of hydrogen-bond donors (Lipinski definition) is 1. The second-order valence-electron chi connectivity index (χ2n) is 2.80. The standard InChI is InChI=1S/C10H11N3O/c1-2-11-10-6-8(12-7-13-10)9-4-3-5-14-9/h3-7H,2H2,1H3,(H,11,12,13). The van der Waals surface area contributed by atoms with Gasteiger partial charge in [0.1, 0.15) is 17.8 Å². The van der Waals surface area contributed by atoms with Crippen molar-refractivity contribution in [2.24, 2.45) is 0 Å². The van der Waals surface area contributed by atoms with E-state index in [9.17, 15) is 0 Å². The lowest BCUT2D eigenvalue weighted by Crippen LogP contribution is -1.99. The van der Waals surface area contributed by atoms with Crippen molar-refractivity contribution in [2.75, 3.05) is 11.9 Å². The van der Waals surface area contributed by atoms with Crippen LogP contribution in [0.4, 0.5) is 5.82 Å². The van der Waals surface area contributed by atoms with Crippen molar-refractivity contribution in [3.8, 4) is 11.5 Å². The Balaban J connectivity index is 2.31. The molecule has 0 saturated carbocycles. The van der Waals surface area contributed by atoms with Gasteiger partial charge in [-0.05, 0) is 19.1 Å². The third-order valence-electron chi connectivity index (χ3n) is 1.80. The minimum absolute atomic E-state index is 0.756. The van der Waals surface area contributed by atoms with E-state index in [1.165, 1.54) is 6.33 Å². The molecular weight excluding hydrogens is 178 g/mol. The summed E-state index contributed by atoms with van der Waals surface area (Å²) in [7, 11) is 0. The Labute approximate surface area is 82.0 Å². The van der Waals surface area contributed by atoms with Gasteiger partial charge in [0.2, 0.25) is 0 Å². The van der Waals surface area contributed by atoms with E-state index >= 15 is 0 Å². The highest BCUT2D eigenvalue weighted by Gasteiger charge is 2.02. The summed E-state index contributed by atoms with van der Waals surface area (Å²) in [5.74, 6) is 1.57. The van der Waals surface area contributed by atoms with Crippen LogP contribution >= 0.6 is 0 Å². The predicted octanol–water partition coefficient (Wildman–Crippen LogP) is 2.17. The molecule has 0 amide bonds. The minimum atomic E-state index is 0.756. The van der Waals surface area contributed by atoms with Crippen molar-refractivity contribution >= 4 is 5.82 Å². The van der Waals surface area contributed by atoms with Gasteiger partial charge in [-0.15, -0.1) is 0 Å². The molecule has 4 heteroatoms. The van der Waals surface area contributed by atoms with E-state index in [2.05, 4.69) is 15.3 Å². The lowest BCUT2D eigenvalue weighted by molar-refractivity contribution is 0.580. The lowest BCUT2D eigenvalue weighted by Gasteiger charge is -2.02. The minimum Gasteiger partial charge on any atom is -0.463 e. The number of nitrogens with one attached hydrogen (secondary N) is 1. The molecule has 0 fully saturated rings. The van der Waals surface area contributed by atoms with Gasteiger partial charge in [0.25, 0.3) is 0 Å². The Bertz CT molecular complexity index is 398. The molecule has 72 valence electrons. The molecule has 0 aliphatic heterocycles. The summed E-state index contributed by atoms with van der Waals surface area (Å²) in [6.07, 6.45) is 3.15. The largest absolute Gasteiger partial charge is 0.463 e. The van der Waals surface area contributed by atoms with E-state index in [-0.39, 0.29) is 0 Å².